The monoisotopic (exact) mass is 358 g/mol. The highest BCUT2D eigenvalue weighted by Crippen LogP contribution is 2.46. The molecule has 144 valence electrons. The third kappa shape index (κ3) is 3.78. The standard InChI is InChI=1S/C22H34N2O2/c25-17-19-16-23(15-18-4-3-7-21(26)14-18)11-8-22(19)9-12-24(13-10-22)20-5-1-2-6-20/h3-4,7,14,19-20,25-26H,1-2,5-6,8-13,15-17H2. The van der Waals surface area contributed by atoms with E-state index in [1.807, 2.05) is 12.1 Å². The second kappa shape index (κ2) is 7.87. The van der Waals surface area contributed by atoms with Gasteiger partial charge in [0.25, 0.3) is 0 Å². The van der Waals surface area contributed by atoms with Crippen LogP contribution in [-0.4, -0.2) is 58.8 Å². The van der Waals surface area contributed by atoms with E-state index in [4.69, 9.17) is 0 Å². The lowest BCUT2D eigenvalue weighted by molar-refractivity contribution is -0.0499. The summed E-state index contributed by atoms with van der Waals surface area (Å²) in [5.41, 5.74) is 1.51. The fraction of sp³-hybridized carbons (Fsp3) is 0.727. The van der Waals surface area contributed by atoms with E-state index in [1.165, 1.54) is 58.0 Å². The third-order valence-electron chi connectivity index (χ3n) is 7.44. The zero-order chi connectivity index (χ0) is 18.0. The van der Waals surface area contributed by atoms with Crippen molar-refractivity contribution in [1.29, 1.82) is 0 Å². The summed E-state index contributed by atoms with van der Waals surface area (Å²) in [4.78, 5) is 5.20. The molecule has 2 aliphatic heterocycles. The Balaban J connectivity index is 1.36. The fourth-order valence-electron chi connectivity index (χ4n) is 5.75. The summed E-state index contributed by atoms with van der Waals surface area (Å²) < 4.78 is 0. The molecule has 4 heteroatoms. The maximum absolute atomic E-state index is 10.1. The van der Waals surface area contributed by atoms with E-state index in [0.29, 0.717) is 23.7 Å². The summed E-state index contributed by atoms with van der Waals surface area (Å²) in [6, 6.07) is 8.42. The minimum atomic E-state index is 0.306. The summed E-state index contributed by atoms with van der Waals surface area (Å²) in [5, 5.41) is 19.8. The number of aliphatic hydroxyl groups is 1. The minimum absolute atomic E-state index is 0.306. The molecule has 1 aromatic rings. The summed E-state index contributed by atoms with van der Waals surface area (Å²) >= 11 is 0. The van der Waals surface area contributed by atoms with Gasteiger partial charge in [-0.05, 0) is 74.8 Å². The Kier molecular flexibility index (Phi) is 5.53. The lowest BCUT2D eigenvalue weighted by Gasteiger charge is -2.52. The van der Waals surface area contributed by atoms with Crippen LogP contribution in [0.3, 0.4) is 0 Å². The average molecular weight is 359 g/mol. The molecule has 1 aliphatic carbocycles. The Morgan fingerprint density at radius 3 is 2.46 bits per heavy atom. The van der Waals surface area contributed by atoms with Gasteiger partial charge < -0.3 is 15.1 Å². The number of aromatic hydroxyl groups is 1. The van der Waals surface area contributed by atoms with E-state index in [0.717, 1.165) is 31.2 Å². The molecule has 0 bridgehead atoms. The van der Waals surface area contributed by atoms with Crippen LogP contribution in [0.5, 0.6) is 5.75 Å². The van der Waals surface area contributed by atoms with Crippen LogP contribution in [-0.2, 0) is 6.54 Å². The molecule has 4 nitrogen and oxygen atoms in total. The smallest absolute Gasteiger partial charge is 0.115 e. The molecule has 3 fully saturated rings. The number of benzene rings is 1. The Morgan fingerprint density at radius 1 is 1.04 bits per heavy atom. The largest absolute Gasteiger partial charge is 0.508 e. The molecule has 0 amide bonds. The van der Waals surface area contributed by atoms with Crippen LogP contribution >= 0.6 is 0 Å². The molecule has 1 unspecified atom stereocenters. The second-order valence-corrected chi connectivity index (χ2v) is 8.87. The summed E-state index contributed by atoms with van der Waals surface area (Å²) in [5.74, 6) is 0.730. The van der Waals surface area contributed by atoms with Crippen molar-refractivity contribution in [3.8, 4) is 5.75 Å². The van der Waals surface area contributed by atoms with Crippen LogP contribution in [0, 0.1) is 11.3 Å². The Labute approximate surface area is 157 Å². The molecule has 26 heavy (non-hydrogen) atoms. The van der Waals surface area contributed by atoms with Gasteiger partial charge in [-0.2, -0.15) is 0 Å². The van der Waals surface area contributed by atoms with Crippen molar-refractivity contribution < 1.29 is 10.2 Å². The molecule has 2 saturated heterocycles. The SMILES string of the molecule is OCC1CN(Cc2cccc(O)c2)CCC12CCN(C1CCCC1)CC2. The number of aliphatic hydroxyl groups excluding tert-OH is 1. The van der Waals surface area contributed by atoms with E-state index in [1.54, 1.807) is 6.07 Å². The Bertz CT molecular complexity index is 592. The number of likely N-dealkylation sites (tertiary alicyclic amines) is 2. The number of hydrogen-bond acceptors (Lipinski definition) is 4. The van der Waals surface area contributed by atoms with Gasteiger partial charge in [-0.3, -0.25) is 4.90 Å². The Morgan fingerprint density at radius 2 is 1.77 bits per heavy atom. The summed E-state index contributed by atoms with van der Waals surface area (Å²) in [6.45, 7) is 5.72. The summed E-state index contributed by atoms with van der Waals surface area (Å²) in [6.07, 6.45) is 9.34. The second-order valence-electron chi connectivity index (χ2n) is 8.87. The molecular weight excluding hydrogens is 324 g/mol. The number of rotatable bonds is 4. The first-order valence-electron chi connectivity index (χ1n) is 10.5. The number of nitrogens with zero attached hydrogens (tertiary/aromatic N) is 2. The van der Waals surface area contributed by atoms with Crippen LogP contribution in [0.1, 0.15) is 50.5 Å². The highest BCUT2D eigenvalue weighted by Gasteiger charge is 2.45. The van der Waals surface area contributed by atoms with E-state index >= 15 is 0 Å². The number of hydrogen-bond donors (Lipinski definition) is 2. The van der Waals surface area contributed by atoms with Crippen LogP contribution < -0.4 is 0 Å². The van der Waals surface area contributed by atoms with Gasteiger partial charge in [-0.15, -0.1) is 0 Å². The molecular formula is C22H34N2O2. The third-order valence-corrected chi connectivity index (χ3v) is 7.44. The van der Waals surface area contributed by atoms with Crippen LogP contribution in [0.25, 0.3) is 0 Å². The van der Waals surface area contributed by atoms with Crippen LogP contribution in [0.2, 0.25) is 0 Å². The van der Waals surface area contributed by atoms with Crippen molar-refractivity contribution >= 4 is 0 Å². The number of phenols is 1. The predicted octanol–water partition coefficient (Wildman–Crippen LogP) is 3.23. The zero-order valence-electron chi connectivity index (χ0n) is 15.9. The molecule has 1 spiro atoms. The van der Waals surface area contributed by atoms with E-state index in [9.17, 15) is 10.2 Å². The van der Waals surface area contributed by atoms with Crippen LogP contribution in [0.15, 0.2) is 24.3 Å². The molecule has 1 aromatic carbocycles. The van der Waals surface area contributed by atoms with Gasteiger partial charge in [0, 0.05) is 31.7 Å². The Hall–Kier alpha value is -1.10. The predicted molar refractivity (Wildman–Crippen MR) is 104 cm³/mol. The quantitative estimate of drug-likeness (QED) is 0.867. The first-order chi connectivity index (χ1) is 12.7. The van der Waals surface area contributed by atoms with Crippen LogP contribution in [0.4, 0.5) is 0 Å². The van der Waals surface area contributed by atoms with E-state index in [-0.39, 0.29) is 0 Å². The number of phenolic OH excluding ortho intramolecular Hbond substituents is 1. The van der Waals surface area contributed by atoms with Gasteiger partial charge in [-0.1, -0.05) is 25.0 Å². The minimum Gasteiger partial charge on any atom is -0.508 e. The molecule has 2 N–H and O–H groups in total. The van der Waals surface area contributed by atoms with Crippen molar-refractivity contribution in [2.75, 3.05) is 32.8 Å². The first kappa shape index (κ1) is 18.3. The van der Waals surface area contributed by atoms with Crippen molar-refractivity contribution in [1.82, 2.24) is 9.80 Å². The normalized spacial score (nSPS) is 28.0. The number of piperidine rings is 2. The molecule has 3 aliphatic rings. The average Bonchev–Trinajstić information content (AvgIpc) is 3.19. The molecule has 1 saturated carbocycles. The van der Waals surface area contributed by atoms with Crippen molar-refractivity contribution in [2.45, 2.75) is 57.5 Å². The molecule has 0 radical (unpaired) electrons. The van der Waals surface area contributed by atoms with E-state index < -0.39 is 0 Å². The highest BCUT2D eigenvalue weighted by atomic mass is 16.3. The molecule has 4 rings (SSSR count). The maximum Gasteiger partial charge on any atom is 0.115 e. The van der Waals surface area contributed by atoms with Gasteiger partial charge in [0.15, 0.2) is 0 Å². The molecule has 2 heterocycles. The van der Waals surface area contributed by atoms with Crippen molar-refractivity contribution in [3.05, 3.63) is 29.8 Å². The lowest BCUT2D eigenvalue weighted by atomic mass is 9.64. The van der Waals surface area contributed by atoms with Gasteiger partial charge >= 0.3 is 0 Å². The first-order valence-corrected chi connectivity index (χ1v) is 10.5. The topological polar surface area (TPSA) is 46.9 Å². The van der Waals surface area contributed by atoms with Crippen molar-refractivity contribution in [3.63, 3.8) is 0 Å². The van der Waals surface area contributed by atoms with Gasteiger partial charge in [-0.25, -0.2) is 0 Å². The van der Waals surface area contributed by atoms with Gasteiger partial charge in [0.2, 0.25) is 0 Å². The maximum atomic E-state index is 10.1. The fourth-order valence-corrected chi connectivity index (χ4v) is 5.75. The van der Waals surface area contributed by atoms with Gasteiger partial charge in [0.05, 0.1) is 0 Å². The highest BCUT2D eigenvalue weighted by molar-refractivity contribution is 5.27. The van der Waals surface area contributed by atoms with Crippen molar-refractivity contribution in [2.24, 2.45) is 11.3 Å². The van der Waals surface area contributed by atoms with E-state index in [2.05, 4.69) is 15.9 Å². The molecule has 0 aromatic heterocycles. The molecule has 1 atom stereocenters. The summed E-state index contributed by atoms with van der Waals surface area (Å²) in [7, 11) is 0. The van der Waals surface area contributed by atoms with Gasteiger partial charge in [0.1, 0.15) is 5.75 Å². The lowest BCUT2D eigenvalue weighted by Crippen LogP contribution is -2.54. The zero-order valence-corrected chi connectivity index (χ0v) is 15.9.